The largest absolute Gasteiger partial charge is 0.354 e. The Labute approximate surface area is 140 Å². The molecule has 0 aromatic carbocycles. The van der Waals surface area contributed by atoms with E-state index in [0.29, 0.717) is 11.5 Å². The first-order valence-electron chi connectivity index (χ1n) is 8.30. The molecule has 0 bridgehead atoms. The highest BCUT2D eigenvalue weighted by molar-refractivity contribution is 7.11. The van der Waals surface area contributed by atoms with E-state index >= 15 is 0 Å². The third-order valence-corrected chi connectivity index (χ3v) is 6.05. The Balaban J connectivity index is 1.55. The molecule has 1 fully saturated rings. The molecule has 23 heavy (non-hydrogen) atoms. The van der Waals surface area contributed by atoms with E-state index in [0.717, 1.165) is 31.7 Å². The SMILES string of the molecule is N#Cc1cnnc(N2CCCC(c3nc4c(s3)CCCC4)C2)c1. The molecule has 1 atom stereocenters. The lowest BCUT2D eigenvalue weighted by molar-refractivity contribution is 0.503. The van der Waals surface area contributed by atoms with Crippen molar-refractivity contribution in [1.29, 1.82) is 5.26 Å². The predicted molar refractivity (Wildman–Crippen MR) is 89.7 cm³/mol. The lowest BCUT2D eigenvalue weighted by Crippen LogP contribution is -2.35. The lowest BCUT2D eigenvalue weighted by Gasteiger charge is -2.32. The van der Waals surface area contributed by atoms with Gasteiger partial charge in [-0.05, 0) is 38.5 Å². The monoisotopic (exact) mass is 325 g/mol. The van der Waals surface area contributed by atoms with Gasteiger partial charge in [-0.1, -0.05) is 0 Å². The van der Waals surface area contributed by atoms with Crippen LogP contribution in [0.5, 0.6) is 0 Å². The number of hydrogen-bond acceptors (Lipinski definition) is 6. The van der Waals surface area contributed by atoms with Crippen LogP contribution in [0.2, 0.25) is 0 Å². The highest BCUT2D eigenvalue weighted by Gasteiger charge is 2.27. The van der Waals surface area contributed by atoms with Gasteiger partial charge in [-0.3, -0.25) is 0 Å². The average molecular weight is 325 g/mol. The van der Waals surface area contributed by atoms with Crippen molar-refractivity contribution < 1.29 is 0 Å². The lowest BCUT2D eigenvalue weighted by atomic mass is 9.98. The fourth-order valence-corrected chi connectivity index (χ4v) is 4.78. The highest BCUT2D eigenvalue weighted by atomic mass is 32.1. The molecule has 1 unspecified atom stereocenters. The molecule has 0 amide bonds. The highest BCUT2D eigenvalue weighted by Crippen LogP contribution is 2.35. The van der Waals surface area contributed by atoms with Gasteiger partial charge in [0, 0.05) is 30.0 Å². The number of rotatable bonds is 2. The molecule has 5 nitrogen and oxygen atoms in total. The smallest absolute Gasteiger partial charge is 0.152 e. The third kappa shape index (κ3) is 2.93. The molecule has 0 saturated carbocycles. The van der Waals surface area contributed by atoms with E-state index in [1.165, 1.54) is 47.5 Å². The summed E-state index contributed by atoms with van der Waals surface area (Å²) in [7, 11) is 0. The Morgan fingerprint density at radius 1 is 1.26 bits per heavy atom. The summed E-state index contributed by atoms with van der Waals surface area (Å²) in [6, 6.07) is 3.98. The first kappa shape index (κ1) is 14.6. The topological polar surface area (TPSA) is 65.7 Å². The molecule has 1 aliphatic carbocycles. The first-order chi connectivity index (χ1) is 11.3. The molecule has 2 aliphatic rings. The van der Waals surface area contributed by atoms with Gasteiger partial charge in [-0.15, -0.1) is 16.4 Å². The normalized spacial score (nSPS) is 20.8. The zero-order valence-corrected chi connectivity index (χ0v) is 13.8. The van der Waals surface area contributed by atoms with Crippen molar-refractivity contribution in [2.24, 2.45) is 0 Å². The van der Waals surface area contributed by atoms with Crippen molar-refractivity contribution >= 4 is 17.2 Å². The van der Waals surface area contributed by atoms with Crippen LogP contribution >= 0.6 is 11.3 Å². The number of thiazole rings is 1. The van der Waals surface area contributed by atoms with Gasteiger partial charge in [0.2, 0.25) is 0 Å². The molecule has 0 radical (unpaired) electrons. The molecular weight excluding hydrogens is 306 g/mol. The zero-order valence-electron chi connectivity index (χ0n) is 13.0. The van der Waals surface area contributed by atoms with Crippen LogP contribution in [-0.4, -0.2) is 28.3 Å². The molecular formula is C17H19N5S. The number of hydrogen-bond donors (Lipinski definition) is 0. The summed E-state index contributed by atoms with van der Waals surface area (Å²) in [5.41, 5.74) is 1.92. The number of aromatic nitrogens is 3. The maximum absolute atomic E-state index is 9.04. The molecule has 3 heterocycles. The van der Waals surface area contributed by atoms with E-state index in [4.69, 9.17) is 10.2 Å². The van der Waals surface area contributed by atoms with Crippen molar-refractivity contribution in [2.75, 3.05) is 18.0 Å². The van der Waals surface area contributed by atoms with Crippen LogP contribution < -0.4 is 4.90 Å². The van der Waals surface area contributed by atoms with Crippen LogP contribution in [0.1, 0.15) is 52.7 Å². The van der Waals surface area contributed by atoms with E-state index in [9.17, 15) is 0 Å². The van der Waals surface area contributed by atoms with Gasteiger partial charge in [0.15, 0.2) is 5.82 Å². The Bertz CT molecular complexity index is 724. The summed E-state index contributed by atoms with van der Waals surface area (Å²) in [6.45, 7) is 1.90. The Morgan fingerprint density at radius 3 is 3.04 bits per heavy atom. The quantitative estimate of drug-likeness (QED) is 0.849. The van der Waals surface area contributed by atoms with E-state index in [1.54, 1.807) is 0 Å². The Morgan fingerprint density at radius 2 is 2.17 bits per heavy atom. The second-order valence-electron chi connectivity index (χ2n) is 6.33. The zero-order chi connectivity index (χ0) is 15.6. The second kappa shape index (κ2) is 6.25. The number of fused-ring (bicyclic) bond motifs is 1. The fraction of sp³-hybridized carbons (Fsp3) is 0.529. The maximum atomic E-state index is 9.04. The molecule has 1 saturated heterocycles. The summed E-state index contributed by atoms with van der Waals surface area (Å²) >= 11 is 1.92. The van der Waals surface area contributed by atoms with Crippen molar-refractivity contribution in [2.45, 2.75) is 44.4 Å². The minimum Gasteiger partial charge on any atom is -0.354 e. The van der Waals surface area contributed by atoms with Gasteiger partial charge in [0.05, 0.1) is 22.5 Å². The molecule has 2 aromatic rings. The number of piperidine rings is 1. The van der Waals surface area contributed by atoms with Crippen molar-refractivity contribution in [3.8, 4) is 6.07 Å². The minimum absolute atomic E-state index is 0.479. The number of aryl methyl sites for hydroxylation is 2. The Kier molecular flexibility index (Phi) is 3.96. The van der Waals surface area contributed by atoms with E-state index in [1.807, 2.05) is 17.4 Å². The maximum Gasteiger partial charge on any atom is 0.152 e. The van der Waals surface area contributed by atoms with Crippen LogP contribution in [0.4, 0.5) is 5.82 Å². The molecule has 2 aromatic heterocycles. The summed E-state index contributed by atoms with van der Waals surface area (Å²) in [5, 5.41) is 18.5. The van der Waals surface area contributed by atoms with E-state index < -0.39 is 0 Å². The van der Waals surface area contributed by atoms with Gasteiger partial charge >= 0.3 is 0 Å². The standard InChI is InChI=1S/C17H19N5S/c18-9-12-8-16(21-19-10-12)22-7-3-4-13(11-22)17-20-14-5-1-2-6-15(14)23-17/h8,10,13H,1-7,11H2. The number of nitriles is 1. The van der Waals surface area contributed by atoms with Crippen LogP contribution in [0.15, 0.2) is 12.3 Å². The molecule has 4 rings (SSSR count). The first-order valence-corrected chi connectivity index (χ1v) is 9.11. The van der Waals surface area contributed by atoms with Gasteiger partial charge in [-0.25, -0.2) is 4.98 Å². The Hall–Kier alpha value is -2.00. The van der Waals surface area contributed by atoms with Crippen LogP contribution in [-0.2, 0) is 12.8 Å². The van der Waals surface area contributed by atoms with Gasteiger partial charge in [0.25, 0.3) is 0 Å². The molecule has 6 heteroatoms. The van der Waals surface area contributed by atoms with Crippen molar-refractivity contribution in [3.63, 3.8) is 0 Å². The summed E-state index contributed by atoms with van der Waals surface area (Å²) in [5.74, 6) is 1.29. The van der Waals surface area contributed by atoms with Crippen LogP contribution in [0.25, 0.3) is 0 Å². The third-order valence-electron chi connectivity index (χ3n) is 4.73. The van der Waals surface area contributed by atoms with Crippen LogP contribution in [0.3, 0.4) is 0 Å². The van der Waals surface area contributed by atoms with Gasteiger partial charge < -0.3 is 4.90 Å². The summed E-state index contributed by atoms with van der Waals surface area (Å²) in [6.07, 6.45) is 8.78. The van der Waals surface area contributed by atoms with Gasteiger partial charge in [0.1, 0.15) is 6.07 Å². The molecule has 0 N–H and O–H groups in total. The average Bonchev–Trinajstić information content (AvgIpc) is 3.06. The van der Waals surface area contributed by atoms with Crippen LogP contribution in [0, 0.1) is 11.3 Å². The molecule has 0 spiro atoms. The van der Waals surface area contributed by atoms with E-state index in [-0.39, 0.29) is 0 Å². The van der Waals surface area contributed by atoms with E-state index in [2.05, 4.69) is 21.2 Å². The van der Waals surface area contributed by atoms with Crippen molar-refractivity contribution in [3.05, 3.63) is 33.4 Å². The second-order valence-corrected chi connectivity index (χ2v) is 7.44. The predicted octanol–water partition coefficient (Wildman–Crippen LogP) is 3.07. The summed E-state index contributed by atoms with van der Waals surface area (Å²) < 4.78 is 0. The molecule has 118 valence electrons. The fourth-order valence-electron chi connectivity index (χ4n) is 3.50. The number of nitrogens with zero attached hydrogens (tertiary/aromatic N) is 5. The number of anilines is 1. The minimum atomic E-state index is 0.479. The molecule has 1 aliphatic heterocycles. The van der Waals surface area contributed by atoms with Gasteiger partial charge in [-0.2, -0.15) is 10.4 Å². The van der Waals surface area contributed by atoms with Crippen molar-refractivity contribution in [1.82, 2.24) is 15.2 Å². The summed E-state index contributed by atoms with van der Waals surface area (Å²) in [4.78, 5) is 8.70.